The highest BCUT2D eigenvalue weighted by Gasteiger charge is 2.29. The molecule has 4 heteroatoms. The van der Waals surface area contributed by atoms with E-state index in [0.717, 1.165) is 26.1 Å². The molecule has 1 aromatic heterocycles. The minimum atomic E-state index is -0.113. The SMILES string of the molecule is CN(CCCn1ccnc1)CC(O)C1CC1. The minimum absolute atomic E-state index is 0.113. The molecule has 2 rings (SSSR count). The van der Waals surface area contributed by atoms with E-state index in [-0.39, 0.29) is 6.10 Å². The van der Waals surface area contributed by atoms with Gasteiger partial charge in [0.25, 0.3) is 0 Å². The van der Waals surface area contributed by atoms with Gasteiger partial charge in [0.1, 0.15) is 0 Å². The molecule has 0 saturated heterocycles. The van der Waals surface area contributed by atoms with Gasteiger partial charge in [-0.1, -0.05) is 0 Å². The lowest BCUT2D eigenvalue weighted by atomic mass is 10.2. The second-order valence-electron chi connectivity index (χ2n) is 4.82. The Labute approximate surface area is 96.9 Å². The van der Waals surface area contributed by atoms with Crippen LogP contribution >= 0.6 is 0 Å². The number of nitrogens with zero attached hydrogens (tertiary/aromatic N) is 3. The van der Waals surface area contributed by atoms with E-state index in [1.807, 2.05) is 12.5 Å². The summed E-state index contributed by atoms with van der Waals surface area (Å²) in [5, 5.41) is 9.79. The molecule has 4 nitrogen and oxygen atoms in total. The van der Waals surface area contributed by atoms with E-state index in [4.69, 9.17) is 0 Å². The first-order valence-corrected chi connectivity index (χ1v) is 6.08. The van der Waals surface area contributed by atoms with Gasteiger partial charge < -0.3 is 14.6 Å². The summed E-state index contributed by atoms with van der Waals surface area (Å²) in [5.41, 5.74) is 0. The van der Waals surface area contributed by atoms with Gasteiger partial charge in [-0.15, -0.1) is 0 Å². The second kappa shape index (κ2) is 5.46. The van der Waals surface area contributed by atoms with Gasteiger partial charge in [0.05, 0.1) is 12.4 Å². The number of aromatic nitrogens is 2. The van der Waals surface area contributed by atoms with Crippen LogP contribution in [0.1, 0.15) is 19.3 Å². The molecule has 1 saturated carbocycles. The average molecular weight is 223 g/mol. The maximum atomic E-state index is 9.79. The fourth-order valence-corrected chi connectivity index (χ4v) is 1.98. The van der Waals surface area contributed by atoms with E-state index in [0.29, 0.717) is 5.92 Å². The fraction of sp³-hybridized carbons (Fsp3) is 0.750. The molecular weight excluding hydrogens is 202 g/mol. The van der Waals surface area contributed by atoms with Gasteiger partial charge in [0.15, 0.2) is 0 Å². The Bertz CT molecular complexity index is 295. The Hall–Kier alpha value is -0.870. The molecule has 0 aromatic carbocycles. The monoisotopic (exact) mass is 223 g/mol. The van der Waals surface area contributed by atoms with Gasteiger partial charge in [-0.2, -0.15) is 0 Å². The van der Waals surface area contributed by atoms with Crippen molar-refractivity contribution in [2.45, 2.75) is 31.9 Å². The van der Waals surface area contributed by atoms with E-state index in [1.165, 1.54) is 12.8 Å². The third-order valence-corrected chi connectivity index (χ3v) is 3.18. The zero-order chi connectivity index (χ0) is 11.4. The zero-order valence-electron chi connectivity index (χ0n) is 9.92. The van der Waals surface area contributed by atoms with Crippen LogP contribution in [-0.2, 0) is 6.54 Å². The number of hydrogen-bond acceptors (Lipinski definition) is 3. The molecule has 1 fully saturated rings. The molecule has 0 radical (unpaired) electrons. The number of aliphatic hydroxyl groups is 1. The van der Waals surface area contributed by atoms with Gasteiger partial charge in [0, 0.05) is 25.5 Å². The Morgan fingerprint density at radius 1 is 1.56 bits per heavy atom. The van der Waals surface area contributed by atoms with Gasteiger partial charge in [-0.3, -0.25) is 0 Å². The predicted octanol–water partition coefficient (Wildman–Crippen LogP) is 0.976. The quantitative estimate of drug-likeness (QED) is 0.749. The van der Waals surface area contributed by atoms with Crippen LogP contribution in [0.15, 0.2) is 18.7 Å². The van der Waals surface area contributed by atoms with Crippen LogP contribution in [0, 0.1) is 5.92 Å². The molecule has 0 bridgehead atoms. The van der Waals surface area contributed by atoms with E-state index in [2.05, 4.69) is 21.5 Å². The third-order valence-electron chi connectivity index (χ3n) is 3.18. The Kier molecular flexibility index (Phi) is 3.96. The Morgan fingerprint density at radius 3 is 3.00 bits per heavy atom. The highest BCUT2D eigenvalue weighted by molar-refractivity contribution is 4.82. The summed E-state index contributed by atoms with van der Waals surface area (Å²) in [7, 11) is 2.08. The van der Waals surface area contributed by atoms with E-state index >= 15 is 0 Å². The molecule has 1 N–H and O–H groups in total. The van der Waals surface area contributed by atoms with Crippen molar-refractivity contribution < 1.29 is 5.11 Å². The van der Waals surface area contributed by atoms with Crippen LogP contribution in [0.4, 0.5) is 0 Å². The van der Waals surface area contributed by atoms with Crippen LogP contribution in [0.25, 0.3) is 0 Å². The molecule has 1 aliphatic rings. The number of imidazole rings is 1. The third kappa shape index (κ3) is 3.61. The van der Waals surface area contributed by atoms with Crippen molar-refractivity contribution in [2.75, 3.05) is 20.1 Å². The zero-order valence-corrected chi connectivity index (χ0v) is 9.92. The molecule has 1 atom stereocenters. The van der Waals surface area contributed by atoms with Crippen LogP contribution in [0.2, 0.25) is 0 Å². The summed E-state index contributed by atoms with van der Waals surface area (Å²) in [5.74, 6) is 0.580. The first-order valence-electron chi connectivity index (χ1n) is 6.08. The molecular formula is C12H21N3O. The Balaban J connectivity index is 1.58. The molecule has 0 aliphatic heterocycles. The standard InChI is InChI=1S/C12H21N3O/c1-14(9-12(16)11-3-4-11)6-2-7-15-8-5-13-10-15/h5,8,10-12,16H,2-4,6-7,9H2,1H3. The number of rotatable bonds is 7. The van der Waals surface area contributed by atoms with Crippen molar-refractivity contribution in [3.63, 3.8) is 0 Å². The van der Waals surface area contributed by atoms with Crippen molar-refractivity contribution in [1.29, 1.82) is 0 Å². The van der Waals surface area contributed by atoms with Gasteiger partial charge >= 0.3 is 0 Å². The maximum Gasteiger partial charge on any atom is 0.0945 e. The predicted molar refractivity (Wildman–Crippen MR) is 63.1 cm³/mol. The maximum absolute atomic E-state index is 9.79. The molecule has 90 valence electrons. The second-order valence-corrected chi connectivity index (χ2v) is 4.82. The summed E-state index contributed by atoms with van der Waals surface area (Å²) >= 11 is 0. The Morgan fingerprint density at radius 2 is 2.38 bits per heavy atom. The van der Waals surface area contributed by atoms with Crippen LogP contribution in [0.5, 0.6) is 0 Å². The van der Waals surface area contributed by atoms with E-state index < -0.39 is 0 Å². The minimum Gasteiger partial charge on any atom is -0.392 e. The highest BCUT2D eigenvalue weighted by Crippen LogP contribution is 2.32. The van der Waals surface area contributed by atoms with Gasteiger partial charge in [-0.05, 0) is 38.8 Å². The lowest BCUT2D eigenvalue weighted by molar-refractivity contribution is 0.106. The topological polar surface area (TPSA) is 41.3 Å². The smallest absolute Gasteiger partial charge is 0.0945 e. The van der Waals surface area contributed by atoms with Gasteiger partial charge in [0.2, 0.25) is 0 Å². The van der Waals surface area contributed by atoms with E-state index in [1.54, 1.807) is 6.20 Å². The fourth-order valence-electron chi connectivity index (χ4n) is 1.98. The summed E-state index contributed by atoms with van der Waals surface area (Å²) < 4.78 is 2.09. The molecule has 16 heavy (non-hydrogen) atoms. The summed E-state index contributed by atoms with van der Waals surface area (Å²) in [6.07, 6.45) is 9.05. The molecule has 1 heterocycles. The number of aliphatic hydroxyl groups excluding tert-OH is 1. The van der Waals surface area contributed by atoms with Crippen molar-refractivity contribution in [1.82, 2.24) is 14.5 Å². The van der Waals surface area contributed by atoms with Crippen molar-refractivity contribution in [2.24, 2.45) is 5.92 Å². The number of likely N-dealkylation sites (N-methyl/N-ethyl adjacent to an activating group) is 1. The highest BCUT2D eigenvalue weighted by atomic mass is 16.3. The van der Waals surface area contributed by atoms with Crippen molar-refractivity contribution >= 4 is 0 Å². The van der Waals surface area contributed by atoms with E-state index in [9.17, 15) is 5.11 Å². The summed E-state index contributed by atoms with van der Waals surface area (Å²) in [6, 6.07) is 0. The molecule has 1 aliphatic carbocycles. The molecule has 1 unspecified atom stereocenters. The van der Waals surface area contributed by atoms with Crippen LogP contribution in [0.3, 0.4) is 0 Å². The van der Waals surface area contributed by atoms with Crippen LogP contribution in [-0.4, -0.2) is 45.8 Å². The lowest BCUT2D eigenvalue weighted by Gasteiger charge is -2.20. The van der Waals surface area contributed by atoms with Gasteiger partial charge in [-0.25, -0.2) is 4.98 Å². The molecule has 0 amide bonds. The molecule has 0 spiro atoms. The molecule has 1 aromatic rings. The normalized spacial score (nSPS) is 17.9. The summed E-state index contributed by atoms with van der Waals surface area (Å²) in [6.45, 7) is 2.85. The van der Waals surface area contributed by atoms with Crippen molar-refractivity contribution in [3.05, 3.63) is 18.7 Å². The van der Waals surface area contributed by atoms with Crippen molar-refractivity contribution in [3.8, 4) is 0 Å². The largest absolute Gasteiger partial charge is 0.392 e. The first kappa shape index (κ1) is 11.6. The van der Waals surface area contributed by atoms with Crippen LogP contribution < -0.4 is 0 Å². The lowest BCUT2D eigenvalue weighted by Crippen LogP contribution is -2.31. The average Bonchev–Trinajstić information content (AvgIpc) is 2.98. The number of hydrogen-bond donors (Lipinski definition) is 1. The number of aryl methyl sites for hydroxylation is 1. The summed E-state index contributed by atoms with van der Waals surface area (Å²) in [4.78, 5) is 6.23. The first-order chi connectivity index (χ1) is 7.75.